The Hall–Kier alpha value is -1.53. The number of halogens is 1. The van der Waals surface area contributed by atoms with E-state index in [9.17, 15) is 9.59 Å². The highest BCUT2D eigenvalue weighted by Gasteiger charge is 2.27. The maximum atomic E-state index is 12.2. The molecule has 7 heteroatoms. The van der Waals surface area contributed by atoms with E-state index in [0.717, 1.165) is 19.3 Å². The van der Waals surface area contributed by atoms with Gasteiger partial charge in [-0.3, -0.25) is 9.59 Å². The first-order chi connectivity index (χ1) is 10.1. The molecule has 0 aliphatic heterocycles. The van der Waals surface area contributed by atoms with Crippen LogP contribution >= 0.6 is 12.4 Å². The molecule has 22 heavy (non-hydrogen) atoms. The van der Waals surface area contributed by atoms with Gasteiger partial charge < -0.3 is 20.8 Å². The Balaban J connectivity index is 0.00000242. The third-order valence-electron chi connectivity index (χ3n) is 4.03. The van der Waals surface area contributed by atoms with Crippen LogP contribution in [0.4, 0.5) is 0 Å². The lowest BCUT2D eigenvalue weighted by Crippen LogP contribution is -2.51. The first-order valence-corrected chi connectivity index (χ1v) is 7.46. The van der Waals surface area contributed by atoms with E-state index < -0.39 is 6.04 Å². The minimum absolute atomic E-state index is 0. The van der Waals surface area contributed by atoms with E-state index >= 15 is 0 Å². The molecule has 1 fully saturated rings. The topological polar surface area (TPSA) is 97.4 Å². The Morgan fingerprint density at radius 3 is 2.77 bits per heavy atom. The van der Waals surface area contributed by atoms with Gasteiger partial charge in [-0.15, -0.1) is 12.4 Å². The van der Waals surface area contributed by atoms with Gasteiger partial charge in [-0.1, -0.05) is 12.8 Å². The molecule has 0 spiro atoms. The van der Waals surface area contributed by atoms with Gasteiger partial charge in [-0.25, -0.2) is 0 Å². The van der Waals surface area contributed by atoms with Gasteiger partial charge >= 0.3 is 0 Å². The van der Waals surface area contributed by atoms with Crippen LogP contribution in [0.2, 0.25) is 0 Å². The van der Waals surface area contributed by atoms with Crippen LogP contribution in [-0.2, 0) is 4.79 Å². The molecule has 124 valence electrons. The lowest BCUT2D eigenvalue weighted by atomic mass is 9.84. The fourth-order valence-corrected chi connectivity index (χ4v) is 2.73. The zero-order valence-corrected chi connectivity index (χ0v) is 13.5. The summed E-state index contributed by atoms with van der Waals surface area (Å²) in [6.07, 6.45) is 5.70. The molecule has 1 aromatic heterocycles. The Labute approximate surface area is 136 Å². The predicted molar refractivity (Wildman–Crippen MR) is 85.8 cm³/mol. The third kappa shape index (κ3) is 4.74. The lowest BCUT2D eigenvalue weighted by Gasteiger charge is -2.32. The van der Waals surface area contributed by atoms with Gasteiger partial charge in [0.1, 0.15) is 6.04 Å². The van der Waals surface area contributed by atoms with Crippen LogP contribution in [0.1, 0.15) is 43.2 Å². The van der Waals surface area contributed by atoms with Crippen LogP contribution in [0.3, 0.4) is 0 Å². The van der Waals surface area contributed by atoms with Crippen molar-refractivity contribution in [2.45, 2.75) is 44.7 Å². The second-order valence-electron chi connectivity index (χ2n) is 5.57. The average Bonchev–Trinajstić information content (AvgIpc) is 3.02. The summed E-state index contributed by atoms with van der Waals surface area (Å²) in [6.45, 7) is 2.24. The summed E-state index contributed by atoms with van der Waals surface area (Å²) in [5.74, 6) is -0.0373. The van der Waals surface area contributed by atoms with Crippen LogP contribution in [0.15, 0.2) is 22.8 Å². The van der Waals surface area contributed by atoms with Gasteiger partial charge in [0.05, 0.1) is 6.26 Å². The van der Waals surface area contributed by atoms with Crippen molar-refractivity contribution in [3.05, 3.63) is 24.2 Å². The highest BCUT2D eigenvalue weighted by molar-refractivity contribution is 5.95. The summed E-state index contributed by atoms with van der Waals surface area (Å²) < 4.78 is 5.00. The van der Waals surface area contributed by atoms with Crippen LogP contribution in [0.25, 0.3) is 0 Å². The molecule has 0 saturated heterocycles. The van der Waals surface area contributed by atoms with Gasteiger partial charge in [0, 0.05) is 6.04 Å². The smallest absolute Gasteiger partial charge is 0.287 e. The first kappa shape index (κ1) is 18.5. The number of carbonyl (C=O) groups is 2. The number of hydrogen-bond acceptors (Lipinski definition) is 4. The Kier molecular flexibility index (Phi) is 7.41. The number of hydrogen-bond donors (Lipinski definition) is 3. The van der Waals surface area contributed by atoms with Crippen molar-refractivity contribution in [3.8, 4) is 0 Å². The fourth-order valence-electron chi connectivity index (χ4n) is 2.73. The molecular weight excluding hydrogens is 306 g/mol. The van der Waals surface area contributed by atoms with E-state index in [1.54, 1.807) is 19.1 Å². The highest BCUT2D eigenvalue weighted by atomic mass is 35.5. The molecule has 6 nitrogen and oxygen atoms in total. The van der Waals surface area contributed by atoms with Gasteiger partial charge in [-0.2, -0.15) is 0 Å². The zero-order valence-electron chi connectivity index (χ0n) is 12.7. The number of nitrogens with two attached hydrogens (primary N) is 1. The lowest BCUT2D eigenvalue weighted by molar-refractivity contribution is -0.123. The first-order valence-electron chi connectivity index (χ1n) is 7.46. The minimum Gasteiger partial charge on any atom is -0.459 e. The minimum atomic E-state index is -0.608. The van der Waals surface area contributed by atoms with Crippen LogP contribution in [-0.4, -0.2) is 30.4 Å². The van der Waals surface area contributed by atoms with Gasteiger partial charge in [0.25, 0.3) is 5.91 Å². The quantitative estimate of drug-likeness (QED) is 0.761. The predicted octanol–water partition coefficient (Wildman–Crippen LogP) is 1.45. The molecule has 0 aromatic carbocycles. The number of amides is 2. The number of carbonyl (C=O) groups excluding carboxylic acids is 2. The maximum absolute atomic E-state index is 12.2. The molecule has 1 aromatic rings. The second kappa shape index (κ2) is 8.80. The van der Waals surface area contributed by atoms with Crippen molar-refractivity contribution < 1.29 is 14.0 Å². The van der Waals surface area contributed by atoms with Crippen molar-refractivity contribution >= 4 is 24.2 Å². The average molecular weight is 330 g/mol. The number of nitrogens with one attached hydrogen (secondary N) is 2. The van der Waals surface area contributed by atoms with E-state index in [-0.39, 0.29) is 36.0 Å². The molecule has 0 radical (unpaired) electrons. The normalized spacial score (nSPS) is 22.3. The molecule has 4 N–H and O–H groups in total. The second-order valence-corrected chi connectivity index (χ2v) is 5.57. The SMILES string of the molecule is CC(NC(=O)c1ccco1)C(=O)NC1CCCCC1CN.Cl. The van der Waals surface area contributed by atoms with Gasteiger partial charge in [-0.05, 0) is 44.4 Å². The molecule has 2 rings (SSSR count). The molecule has 2 amide bonds. The van der Waals surface area contributed by atoms with Crippen molar-refractivity contribution in [1.82, 2.24) is 10.6 Å². The Morgan fingerprint density at radius 2 is 2.14 bits per heavy atom. The zero-order chi connectivity index (χ0) is 15.2. The summed E-state index contributed by atoms with van der Waals surface area (Å²) in [5.41, 5.74) is 5.76. The molecule has 1 aliphatic carbocycles. The fraction of sp³-hybridized carbons (Fsp3) is 0.600. The summed E-state index contributed by atoms with van der Waals surface area (Å²) >= 11 is 0. The Morgan fingerprint density at radius 1 is 1.41 bits per heavy atom. The monoisotopic (exact) mass is 329 g/mol. The summed E-state index contributed by atoms with van der Waals surface area (Å²) in [4.78, 5) is 24.0. The van der Waals surface area contributed by atoms with Gasteiger partial charge in [0.15, 0.2) is 5.76 Å². The molecule has 1 heterocycles. The molecule has 0 bridgehead atoms. The molecule has 3 unspecified atom stereocenters. The third-order valence-corrected chi connectivity index (χ3v) is 4.03. The standard InChI is InChI=1S/C15H23N3O3.ClH/c1-10(17-15(20)13-7-4-8-21-13)14(19)18-12-6-3-2-5-11(12)9-16;/h4,7-8,10-12H,2-3,5-6,9,16H2,1H3,(H,17,20)(H,18,19);1H. The molecule has 1 aliphatic rings. The molecule has 1 saturated carbocycles. The number of furan rings is 1. The van der Waals surface area contributed by atoms with Crippen LogP contribution in [0, 0.1) is 5.92 Å². The van der Waals surface area contributed by atoms with Crippen molar-refractivity contribution in [1.29, 1.82) is 0 Å². The molecular formula is C15H24ClN3O3. The summed E-state index contributed by atoms with van der Waals surface area (Å²) in [6, 6.07) is 2.70. The van der Waals surface area contributed by atoms with Gasteiger partial charge in [0.2, 0.25) is 5.91 Å². The van der Waals surface area contributed by atoms with E-state index in [2.05, 4.69) is 10.6 Å². The Bertz CT molecular complexity index is 478. The molecule has 3 atom stereocenters. The van der Waals surface area contributed by atoms with Crippen molar-refractivity contribution in [2.24, 2.45) is 11.7 Å². The summed E-state index contributed by atoms with van der Waals surface area (Å²) in [5, 5.41) is 5.63. The maximum Gasteiger partial charge on any atom is 0.287 e. The van der Waals surface area contributed by atoms with Crippen LogP contribution < -0.4 is 16.4 Å². The number of rotatable bonds is 5. The highest BCUT2D eigenvalue weighted by Crippen LogP contribution is 2.23. The van der Waals surface area contributed by atoms with E-state index in [1.807, 2.05) is 0 Å². The van der Waals surface area contributed by atoms with Crippen molar-refractivity contribution in [2.75, 3.05) is 6.54 Å². The van der Waals surface area contributed by atoms with E-state index in [4.69, 9.17) is 10.2 Å². The summed E-state index contributed by atoms with van der Waals surface area (Å²) in [7, 11) is 0. The van der Waals surface area contributed by atoms with E-state index in [1.165, 1.54) is 12.7 Å². The van der Waals surface area contributed by atoms with E-state index in [0.29, 0.717) is 12.5 Å². The van der Waals surface area contributed by atoms with Crippen LogP contribution in [0.5, 0.6) is 0 Å². The van der Waals surface area contributed by atoms with Crippen molar-refractivity contribution in [3.63, 3.8) is 0 Å². The largest absolute Gasteiger partial charge is 0.459 e.